The van der Waals surface area contributed by atoms with E-state index >= 15 is 0 Å². The van der Waals surface area contributed by atoms with E-state index in [2.05, 4.69) is 10.1 Å². The van der Waals surface area contributed by atoms with Crippen LogP contribution in [-0.2, 0) is 27.4 Å². The predicted octanol–water partition coefficient (Wildman–Crippen LogP) is 6.64. The lowest BCUT2D eigenvalue weighted by molar-refractivity contribution is -0.155. The number of methoxy groups -OCH3 is 1. The Kier molecular flexibility index (Phi) is 8.62. The molecule has 0 saturated heterocycles. The minimum atomic E-state index is -0.494. The maximum Gasteiger partial charge on any atom is 0.320 e. The minimum Gasteiger partial charge on any atom is -0.459 e. The molecule has 8 heteroatoms. The number of carbonyl (C=O) groups is 1. The van der Waals surface area contributed by atoms with Gasteiger partial charge >= 0.3 is 5.97 Å². The molecule has 0 aliphatic heterocycles. The van der Waals surface area contributed by atoms with E-state index in [0.29, 0.717) is 29.9 Å². The van der Waals surface area contributed by atoms with Crippen LogP contribution in [0.5, 0.6) is 0 Å². The van der Waals surface area contributed by atoms with Crippen LogP contribution < -0.4 is 0 Å². The molecule has 4 rings (SSSR count). The summed E-state index contributed by atoms with van der Waals surface area (Å²) in [5, 5.41) is 4.87. The zero-order valence-corrected chi connectivity index (χ0v) is 23.1. The second-order valence-corrected chi connectivity index (χ2v) is 10.6. The van der Waals surface area contributed by atoms with Crippen LogP contribution in [0.2, 0.25) is 5.02 Å². The standard InChI is InChI=1S/C30H32ClN3O4/c1-30(2,3)37-27(35)18-34(4)17-20-10-12-21(13-11-20)28-32-29(38-33-28)22-14-15-24(23(16-22)19-36-5)25-8-6-7-9-26(25)31/h6-16H,17-19H2,1-5H3. The van der Waals surface area contributed by atoms with Gasteiger partial charge in [-0.3, -0.25) is 9.69 Å². The van der Waals surface area contributed by atoms with Gasteiger partial charge < -0.3 is 14.0 Å². The Balaban J connectivity index is 1.47. The quantitative estimate of drug-likeness (QED) is 0.223. The normalized spacial score (nSPS) is 11.7. The molecule has 3 aromatic carbocycles. The number of likely N-dealkylation sites (N-methyl/N-ethyl adjacent to an activating group) is 1. The fourth-order valence-corrected chi connectivity index (χ4v) is 4.36. The summed E-state index contributed by atoms with van der Waals surface area (Å²) in [4.78, 5) is 18.6. The number of esters is 1. The molecular weight excluding hydrogens is 502 g/mol. The topological polar surface area (TPSA) is 77.7 Å². The lowest BCUT2D eigenvalue weighted by Gasteiger charge is -2.22. The largest absolute Gasteiger partial charge is 0.459 e. The van der Waals surface area contributed by atoms with Crippen molar-refractivity contribution in [1.82, 2.24) is 15.0 Å². The number of ether oxygens (including phenoxy) is 2. The maximum atomic E-state index is 12.1. The molecule has 38 heavy (non-hydrogen) atoms. The molecule has 0 unspecified atom stereocenters. The molecule has 7 nitrogen and oxygen atoms in total. The summed E-state index contributed by atoms with van der Waals surface area (Å²) in [6.07, 6.45) is 0. The second kappa shape index (κ2) is 11.9. The van der Waals surface area contributed by atoms with Gasteiger partial charge in [0.15, 0.2) is 0 Å². The van der Waals surface area contributed by atoms with E-state index in [4.69, 9.17) is 25.6 Å². The van der Waals surface area contributed by atoms with Crippen molar-refractivity contribution in [2.45, 2.75) is 39.5 Å². The molecule has 1 aromatic heterocycles. The van der Waals surface area contributed by atoms with Crippen molar-refractivity contribution in [1.29, 1.82) is 0 Å². The number of benzene rings is 3. The predicted molar refractivity (Wildman–Crippen MR) is 149 cm³/mol. The van der Waals surface area contributed by atoms with Crippen molar-refractivity contribution in [3.63, 3.8) is 0 Å². The number of aromatic nitrogens is 2. The van der Waals surface area contributed by atoms with Gasteiger partial charge in [-0.2, -0.15) is 4.98 Å². The molecule has 0 bridgehead atoms. The molecular formula is C30H32ClN3O4. The number of rotatable bonds is 9. The Bertz CT molecular complexity index is 1390. The first kappa shape index (κ1) is 27.5. The third kappa shape index (κ3) is 7.07. The first-order valence-corrected chi connectivity index (χ1v) is 12.7. The maximum absolute atomic E-state index is 12.1. The smallest absolute Gasteiger partial charge is 0.320 e. The highest BCUT2D eigenvalue weighted by Gasteiger charge is 2.18. The first-order chi connectivity index (χ1) is 18.1. The van der Waals surface area contributed by atoms with Gasteiger partial charge in [0.1, 0.15) is 5.60 Å². The summed E-state index contributed by atoms with van der Waals surface area (Å²) < 4.78 is 16.4. The lowest BCUT2D eigenvalue weighted by Crippen LogP contribution is -2.32. The molecule has 0 spiro atoms. The Morgan fingerprint density at radius 3 is 2.39 bits per heavy atom. The van der Waals surface area contributed by atoms with Crippen LogP contribution in [0.3, 0.4) is 0 Å². The molecule has 0 atom stereocenters. The third-order valence-corrected chi connectivity index (χ3v) is 6.06. The van der Waals surface area contributed by atoms with E-state index in [-0.39, 0.29) is 12.5 Å². The van der Waals surface area contributed by atoms with Crippen molar-refractivity contribution in [3.05, 3.63) is 82.9 Å². The average molecular weight is 534 g/mol. The summed E-state index contributed by atoms with van der Waals surface area (Å²) in [6.45, 7) is 6.83. The summed E-state index contributed by atoms with van der Waals surface area (Å²) in [6, 6.07) is 21.5. The van der Waals surface area contributed by atoms with Gasteiger partial charge in [0.05, 0.1) is 13.2 Å². The number of hydrogen-bond donors (Lipinski definition) is 0. The molecule has 1 heterocycles. The van der Waals surface area contributed by atoms with E-state index in [1.54, 1.807) is 7.11 Å². The zero-order chi connectivity index (χ0) is 27.3. The van der Waals surface area contributed by atoms with Gasteiger partial charge in [0.2, 0.25) is 5.82 Å². The van der Waals surface area contributed by atoms with Crippen LogP contribution in [0.25, 0.3) is 34.0 Å². The van der Waals surface area contributed by atoms with Gasteiger partial charge in [-0.05, 0) is 62.7 Å². The van der Waals surface area contributed by atoms with Crippen molar-refractivity contribution in [3.8, 4) is 34.0 Å². The van der Waals surface area contributed by atoms with Crippen molar-refractivity contribution in [2.24, 2.45) is 0 Å². The molecule has 0 aliphatic carbocycles. The Morgan fingerprint density at radius 1 is 1.00 bits per heavy atom. The molecule has 0 N–H and O–H groups in total. The Labute approximate surface area is 228 Å². The molecule has 0 radical (unpaired) electrons. The molecule has 0 saturated carbocycles. The average Bonchev–Trinajstić information content (AvgIpc) is 3.34. The Hall–Kier alpha value is -3.52. The van der Waals surface area contributed by atoms with E-state index in [0.717, 1.165) is 33.4 Å². The van der Waals surface area contributed by atoms with Gasteiger partial charge in [0, 0.05) is 35.4 Å². The van der Waals surface area contributed by atoms with E-state index in [1.165, 1.54) is 0 Å². The molecule has 0 aliphatic rings. The SMILES string of the molecule is COCc1cc(-c2nc(-c3ccc(CN(C)CC(=O)OC(C)(C)C)cc3)no2)ccc1-c1ccccc1Cl. The van der Waals surface area contributed by atoms with E-state index in [1.807, 2.05) is 99.4 Å². The van der Waals surface area contributed by atoms with Crippen molar-refractivity contribution >= 4 is 17.6 Å². The van der Waals surface area contributed by atoms with Gasteiger partial charge in [-0.1, -0.05) is 65.3 Å². The van der Waals surface area contributed by atoms with Gasteiger partial charge in [-0.25, -0.2) is 0 Å². The summed E-state index contributed by atoms with van der Waals surface area (Å²) in [7, 11) is 3.55. The van der Waals surface area contributed by atoms with Crippen LogP contribution in [0, 0.1) is 0 Å². The fourth-order valence-electron chi connectivity index (χ4n) is 4.12. The molecule has 198 valence electrons. The van der Waals surface area contributed by atoms with Crippen LogP contribution in [0.4, 0.5) is 0 Å². The van der Waals surface area contributed by atoms with Gasteiger partial charge in [-0.15, -0.1) is 0 Å². The highest BCUT2D eigenvalue weighted by molar-refractivity contribution is 6.33. The molecule has 4 aromatic rings. The second-order valence-electron chi connectivity index (χ2n) is 10.2. The van der Waals surface area contributed by atoms with Crippen molar-refractivity contribution < 1.29 is 18.8 Å². The number of halogens is 1. The van der Waals surface area contributed by atoms with Crippen LogP contribution in [0.1, 0.15) is 31.9 Å². The molecule has 0 fully saturated rings. The van der Waals surface area contributed by atoms with Crippen LogP contribution >= 0.6 is 11.6 Å². The highest BCUT2D eigenvalue weighted by Crippen LogP contribution is 2.33. The Morgan fingerprint density at radius 2 is 1.71 bits per heavy atom. The van der Waals surface area contributed by atoms with Crippen LogP contribution in [0.15, 0.2) is 71.3 Å². The fraction of sp³-hybridized carbons (Fsp3) is 0.300. The summed E-state index contributed by atoms with van der Waals surface area (Å²) in [5.41, 5.74) is 5.10. The highest BCUT2D eigenvalue weighted by atomic mass is 35.5. The zero-order valence-electron chi connectivity index (χ0n) is 22.3. The van der Waals surface area contributed by atoms with Crippen molar-refractivity contribution in [2.75, 3.05) is 20.7 Å². The summed E-state index contributed by atoms with van der Waals surface area (Å²) >= 11 is 6.44. The molecule has 0 amide bonds. The number of hydrogen-bond acceptors (Lipinski definition) is 7. The van der Waals surface area contributed by atoms with E-state index < -0.39 is 5.60 Å². The number of nitrogens with zero attached hydrogens (tertiary/aromatic N) is 3. The number of carbonyl (C=O) groups excluding carboxylic acids is 1. The third-order valence-electron chi connectivity index (χ3n) is 5.73. The van der Waals surface area contributed by atoms with Crippen LogP contribution in [-0.4, -0.2) is 47.3 Å². The lowest BCUT2D eigenvalue weighted by atomic mass is 9.97. The van der Waals surface area contributed by atoms with Gasteiger partial charge in [0.25, 0.3) is 5.89 Å². The monoisotopic (exact) mass is 533 g/mol. The van der Waals surface area contributed by atoms with E-state index in [9.17, 15) is 4.79 Å². The first-order valence-electron chi connectivity index (χ1n) is 12.3. The summed E-state index contributed by atoms with van der Waals surface area (Å²) in [5.74, 6) is 0.672. The minimum absolute atomic E-state index is 0.216.